The number of fused-ring (bicyclic) bond motifs is 11. The Hall–Kier alpha value is -4.58. The highest BCUT2D eigenvalue weighted by Gasteiger charge is 2.91. The topological polar surface area (TPSA) is 23.3 Å². The number of hydrogen-bond donors (Lipinski definition) is 0. The van der Waals surface area contributed by atoms with E-state index in [1.54, 1.807) is 0 Å². The molecule has 0 unspecified atom stereocenters. The Balaban J connectivity index is 1.60. The molecule has 1 spiro atoms. The monoisotopic (exact) mass is 468 g/mol. The molecule has 0 bridgehead atoms. The molecule has 0 fully saturated rings. The molecule has 168 valence electrons. The summed E-state index contributed by atoms with van der Waals surface area (Å²) in [5.74, 6) is 1.70. The van der Waals surface area contributed by atoms with Gasteiger partial charge in [0.2, 0.25) is 23.4 Å². The Labute approximate surface area is 207 Å². The van der Waals surface area contributed by atoms with Crippen LogP contribution in [0.5, 0.6) is 0 Å². The minimum atomic E-state index is -0.695. The normalized spacial score (nSPS) is 16.5. The number of nitrogens with zero attached hydrogens (tertiary/aromatic N) is 6. The fourth-order valence-corrected chi connectivity index (χ4v) is 6.95. The minimum Gasteiger partial charge on any atom is -0.0647 e. The Morgan fingerprint density at radius 2 is 0.917 bits per heavy atom. The highest BCUT2D eigenvalue weighted by molar-refractivity contribution is 5.79. The highest BCUT2D eigenvalue weighted by atomic mass is 15.7. The summed E-state index contributed by atoms with van der Waals surface area (Å²) < 4.78 is 14.8. The predicted molar refractivity (Wildman–Crippen MR) is 129 cm³/mol. The molecule has 36 heavy (non-hydrogen) atoms. The summed E-state index contributed by atoms with van der Waals surface area (Å²) in [5.41, 5.74) is 4.59. The van der Waals surface area contributed by atoms with Gasteiger partial charge >= 0.3 is 23.2 Å². The molecule has 6 heteroatoms. The summed E-state index contributed by atoms with van der Waals surface area (Å²) in [6, 6.07) is 30.9. The quantitative estimate of drug-likeness (QED) is 0.301. The smallest absolute Gasteiger partial charge is 0.0647 e. The summed E-state index contributed by atoms with van der Waals surface area (Å²) in [5, 5.41) is 2.44. The zero-order chi connectivity index (χ0) is 23.8. The lowest BCUT2D eigenvalue weighted by molar-refractivity contribution is -1.29. The fraction of sp³-hybridized carbons (Fsp3) is 0.133. The summed E-state index contributed by atoms with van der Waals surface area (Å²) in [6.07, 6.45) is 8.90. The van der Waals surface area contributed by atoms with Crippen LogP contribution in [0.4, 0.5) is 0 Å². The Bertz CT molecular complexity index is 1850. The van der Waals surface area contributed by atoms with Gasteiger partial charge in [0.05, 0.1) is 35.1 Å². The number of rotatable bonds is 0. The largest absolute Gasteiger partial charge is 0.781 e. The molecule has 3 aliphatic heterocycles. The summed E-state index contributed by atoms with van der Waals surface area (Å²) in [4.78, 5) is 0. The highest BCUT2D eigenvalue weighted by Crippen LogP contribution is 2.32. The predicted octanol–water partition coefficient (Wildman–Crippen LogP) is 1.45. The van der Waals surface area contributed by atoms with Crippen LogP contribution in [0.2, 0.25) is 0 Å². The third kappa shape index (κ3) is 1.78. The molecule has 6 nitrogen and oxygen atoms in total. The van der Waals surface area contributed by atoms with Crippen molar-refractivity contribution in [1.29, 1.82) is 0 Å². The average molecular weight is 469 g/mol. The van der Waals surface area contributed by atoms with Crippen molar-refractivity contribution in [3.8, 4) is 23.0 Å². The molecule has 2 aromatic carbocycles. The number of benzene rings is 2. The van der Waals surface area contributed by atoms with Crippen molar-refractivity contribution in [1.82, 2.24) is 0 Å². The lowest BCUT2D eigenvalue weighted by Crippen LogP contribution is -2.95. The van der Waals surface area contributed by atoms with Gasteiger partial charge in [-0.3, -0.25) is 0 Å². The second-order valence-electron chi connectivity index (χ2n) is 10.4. The van der Waals surface area contributed by atoms with E-state index in [1.807, 2.05) is 0 Å². The second kappa shape index (κ2) is 5.79. The van der Waals surface area contributed by atoms with Gasteiger partial charge in [-0.25, -0.2) is 0 Å². The second-order valence-corrected chi connectivity index (χ2v) is 10.4. The van der Waals surface area contributed by atoms with Gasteiger partial charge in [0.15, 0.2) is 12.4 Å². The molecule has 7 heterocycles. The van der Waals surface area contributed by atoms with Gasteiger partial charge in [-0.1, -0.05) is 33.4 Å². The van der Waals surface area contributed by atoms with Crippen molar-refractivity contribution < 1.29 is 27.4 Å². The van der Waals surface area contributed by atoms with Crippen molar-refractivity contribution in [2.75, 3.05) is 0 Å². The zero-order valence-corrected chi connectivity index (χ0v) is 20.1. The number of para-hydroxylation sites is 2. The number of pyridine rings is 2. The van der Waals surface area contributed by atoms with Crippen LogP contribution in [0.15, 0.2) is 110 Å². The molecule has 0 amide bonds. The Morgan fingerprint density at radius 1 is 0.472 bits per heavy atom. The van der Waals surface area contributed by atoms with Crippen molar-refractivity contribution >= 4 is 21.8 Å². The van der Waals surface area contributed by atoms with Crippen molar-refractivity contribution in [2.24, 2.45) is 0 Å². The molecule has 0 saturated heterocycles. The van der Waals surface area contributed by atoms with Crippen molar-refractivity contribution in [2.45, 2.75) is 25.4 Å². The molecule has 0 radical (unpaired) electrons. The van der Waals surface area contributed by atoms with Crippen LogP contribution < -0.4 is 27.4 Å². The zero-order valence-electron chi connectivity index (χ0n) is 20.1. The summed E-state index contributed by atoms with van der Waals surface area (Å²) in [6.45, 7) is 4.56. The van der Waals surface area contributed by atoms with E-state index in [0.29, 0.717) is 0 Å². The Kier molecular flexibility index (Phi) is 3.01. The first-order valence-corrected chi connectivity index (χ1v) is 12.5. The maximum atomic E-state index is 2.52. The SMILES string of the molecule is CC1(C)[n+]2ccc[n+]3c2-c2[n+]1ccc[n+]2C31[n+]2c(ccc3ccccc32)-c2ccc3ccccc3[n+]21. The fourth-order valence-electron chi connectivity index (χ4n) is 6.95. The maximum Gasteiger partial charge on any atom is 0.781 e. The minimum absolute atomic E-state index is 0.213. The standard InChI is InChI=1S/C30H24N6/c1-29(2)31-17-7-19-33-27(31)28-32(29)18-8-20-34(28)30(33)35-23-11-5-3-9-21(23)13-15-25(35)26-16-14-22-10-4-6-12-24(22)36(26)30/h3-20H,1-2H3/q+6. The van der Waals surface area contributed by atoms with Crippen LogP contribution in [0.1, 0.15) is 13.8 Å². The van der Waals surface area contributed by atoms with Crippen LogP contribution in [-0.4, -0.2) is 0 Å². The van der Waals surface area contributed by atoms with E-state index in [-0.39, 0.29) is 5.66 Å². The van der Waals surface area contributed by atoms with E-state index in [0.717, 1.165) is 0 Å². The van der Waals surface area contributed by atoms with E-state index < -0.39 is 5.91 Å². The van der Waals surface area contributed by atoms with Gasteiger partial charge in [-0.15, -0.1) is 0 Å². The van der Waals surface area contributed by atoms with Crippen LogP contribution in [0.25, 0.3) is 44.8 Å². The van der Waals surface area contributed by atoms with Crippen LogP contribution in [0.3, 0.4) is 0 Å². The van der Waals surface area contributed by atoms with Gasteiger partial charge in [0, 0.05) is 44.2 Å². The van der Waals surface area contributed by atoms with Crippen molar-refractivity contribution in [3.05, 3.63) is 110 Å². The molecular weight excluding hydrogens is 444 g/mol. The van der Waals surface area contributed by atoms with Gasteiger partial charge in [0.25, 0.3) is 11.4 Å². The van der Waals surface area contributed by atoms with Gasteiger partial charge < -0.3 is 0 Å². The molecule has 9 rings (SSSR count). The lowest BCUT2D eigenvalue weighted by atomic mass is 10.1. The van der Waals surface area contributed by atoms with Gasteiger partial charge in [-0.05, 0) is 24.3 Å². The molecule has 0 aliphatic carbocycles. The third-order valence-electron chi connectivity index (χ3n) is 8.42. The van der Waals surface area contributed by atoms with E-state index >= 15 is 0 Å². The molecule has 0 N–H and O–H groups in total. The van der Waals surface area contributed by atoms with E-state index in [4.69, 9.17) is 0 Å². The third-order valence-corrected chi connectivity index (χ3v) is 8.42. The summed E-state index contributed by atoms with van der Waals surface area (Å²) >= 11 is 0. The number of hydrogen-bond acceptors (Lipinski definition) is 0. The molecule has 0 saturated carbocycles. The molecule has 0 atom stereocenters. The van der Waals surface area contributed by atoms with Crippen LogP contribution in [0, 0.1) is 0 Å². The first kappa shape index (κ1) is 18.7. The maximum absolute atomic E-state index is 2.52. The number of aromatic nitrogens is 6. The van der Waals surface area contributed by atoms with Crippen LogP contribution >= 0.6 is 0 Å². The molecule has 3 aliphatic rings. The summed E-state index contributed by atoms with van der Waals surface area (Å²) in [7, 11) is 0. The first-order valence-electron chi connectivity index (χ1n) is 12.5. The van der Waals surface area contributed by atoms with Crippen LogP contribution in [-0.2, 0) is 11.6 Å². The van der Waals surface area contributed by atoms with E-state index in [1.165, 1.54) is 44.8 Å². The average Bonchev–Trinajstić information content (AvgIpc) is 3.49. The first-order chi connectivity index (χ1) is 17.6. The lowest BCUT2D eigenvalue weighted by Gasteiger charge is -2.10. The van der Waals surface area contributed by atoms with E-state index in [9.17, 15) is 0 Å². The Morgan fingerprint density at radius 3 is 1.42 bits per heavy atom. The molecular formula is C30H24N6+6. The van der Waals surface area contributed by atoms with Gasteiger partial charge in [-0.2, -0.15) is 0 Å². The van der Waals surface area contributed by atoms with Gasteiger partial charge in [0.1, 0.15) is 0 Å². The van der Waals surface area contributed by atoms with Crippen molar-refractivity contribution in [3.63, 3.8) is 0 Å². The molecule has 4 aromatic heterocycles. The molecule has 6 aromatic rings. The van der Waals surface area contributed by atoms with E-state index in [2.05, 4.69) is 151 Å².